The Hall–Kier alpha value is -0.570. The lowest BCUT2D eigenvalue weighted by Crippen LogP contribution is -2.38. The normalized spacial score (nSPS) is 17.9. The zero-order chi connectivity index (χ0) is 13.1. The molecule has 0 saturated heterocycles. The molecule has 0 aromatic carbocycles. The lowest BCUT2D eigenvalue weighted by atomic mass is 9.84. The SMILES string of the molecule is CC(CC(=O)N(CCN)C1CC1)CC(C)(C)C. The molecule has 0 heterocycles. The number of nitrogens with zero attached hydrogens (tertiary/aromatic N) is 1. The van der Waals surface area contributed by atoms with E-state index in [1.807, 2.05) is 4.90 Å². The van der Waals surface area contributed by atoms with Gasteiger partial charge in [0.05, 0.1) is 0 Å². The lowest BCUT2D eigenvalue weighted by molar-refractivity contribution is -0.132. The van der Waals surface area contributed by atoms with E-state index in [-0.39, 0.29) is 0 Å². The smallest absolute Gasteiger partial charge is 0.223 e. The number of carbonyl (C=O) groups is 1. The molecule has 0 spiro atoms. The average Bonchev–Trinajstić information content (AvgIpc) is 2.93. The number of hydrogen-bond acceptors (Lipinski definition) is 2. The third kappa shape index (κ3) is 5.53. The number of rotatable bonds is 6. The van der Waals surface area contributed by atoms with Crippen LogP contribution < -0.4 is 5.73 Å². The largest absolute Gasteiger partial charge is 0.338 e. The van der Waals surface area contributed by atoms with Gasteiger partial charge in [-0.25, -0.2) is 0 Å². The van der Waals surface area contributed by atoms with Gasteiger partial charge in [-0.3, -0.25) is 4.79 Å². The van der Waals surface area contributed by atoms with Crippen molar-refractivity contribution in [2.24, 2.45) is 17.1 Å². The number of nitrogens with two attached hydrogens (primary N) is 1. The molecule has 3 nitrogen and oxygen atoms in total. The van der Waals surface area contributed by atoms with Crippen molar-refractivity contribution in [3.63, 3.8) is 0 Å². The van der Waals surface area contributed by atoms with Gasteiger partial charge in [0.2, 0.25) is 5.91 Å². The van der Waals surface area contributed by atoms with Crippen LogP contribution in [0.25, 0.3) is 0 Å². The predicted molar refractivity (Wildman–Crippen MR) is 71.6 cm³/mol. The minimum absolute atomic E-state index is 0.301. The maximum Gasteiger partial charge on any atom is 0.223 e. The molecular formula is C14H28N2O. The molecular weight excluding hydrogens is 212 g/mol. The van der Waals surface area contributed by atoms with E-state index < -0.39 is 0 Å². The van der Waals surface area contributed by atoms with Gasteiger partial charge < -0.3 is 10.6 Å². The van der Waals surface area contributed by atoms with Gasteiger partial charge >= 0.3 is 0 Å². The summed E-state index contributed by atoms with van der Waals surface area (Å²) in [6.45, 7) is 10.2. The van der Waals surface area contributed by atoms with E-state index in [1.54, 1.807) is 0 Å². The third-order valence-electron chi connectivity index (χ3n) is 3.16. The molecule has 2 N–H and O–H groups in total. The molecule has 1 unspecified atom stereocenters. The van der Waals surface area contributed by atoms with Crippen molar-refractivity contribution < 1.29 is 4.79 Å². The van der Waals surface area contributed by atoms with E-state index in [2.05, 4.69) is 27.7 Å². The Labute approximate surface area is 106 Å². The van der Waals surface area contributed by atoms with Crippen LogP contribution in [0, 0.1) is 11.3 Å². The minimum atomic E-state index is 0.301. The van der Waals surface area contributed by atoms with Crippen LogP contribution >= 0.6 is 0 Å². The molecule has 0 aromatic heterocycles. The van der Waals surface area contributed by atoms with Crippen LogP contribution in [0.3, 0.4) is 0 Å². The summed E-state index contributed by atoms with van der Waals surface area (Å²) < 4.78 is 0. The Morgan fingerprint density at radius 2 is 2.00 bits per heavy atom. The average molecular weight is 240 g/mol. The Morgan fingerprint density at radius 3 is 2.41 bits per heavy atom. The molecule has 1 rings (SSSR count). The first-order chi connectivity index (χ1) is 7.83. The zero-order valence-corrected chi connectivity index (χ0v) is 11.8. The first kappa shape index (κ1) is 14.5. The van der Waals surface area contributed by atoms with E-state index in [0.29, 0.717) is 36.2 Å². The molecule has 0 bridgehead atoms. The van der Waals surface area contributed by atoms with Crippen molar-refractivity contribution >= 4 is 5.91 Å². The number of carbonyl (C=O) groups excluding carboxylic acids is 1. The molecule has 1 aliphatic rings. The second-order valence-electron chi connectivity index (χ2n) is 6.68. The van der Waals surface area contributed by atoms with Crippen molar-refractivity contribution in [1.29, 1.82) is 0 Å². The first-order valence-corrected chi connectivity index (χ1v) is 6.83. The monoisotopic (exact) mass is 240 g/mol. The number of amides is 1. The molecule has 0 aliphatic heterocycles. The van der Waals surface area contributed by atoms with Gasteiger partial charge in [-0.2, -0.15) is 0 Å². The van der Waals surface area contributed by atoms with E-state index >= 15 is 0 Å². The highest BCUT2D eigenvalue weighted by Crippen LogP contribution is 2.30. The number of hydrogen-bond donors (Lipinski definition) is 1. The fourth-order valence-electron chi connectivity index (χ4n) is 2.57. The Bertz CT molecular complexity index is 253. The van der Waals surface area contributed by atoms with Gasteiger partial charge in [-0.15, -0.1) is 0 Å². The lowest BCUT2D eigenvalue weighted by Gasteiger charge is -2.26. The Balaban J connectivity index is 2.40. The second kappa shape index (κ2) is 5.85. The Morgan fingerprint density at radius 1 is 1.41 bits per heavy atom. The molecule has 3 heteroatoms. The summed E-state index contributed by atoms with van der Waals surface area (Å²) in [6.07, 6.45) is 4.10. The highest BCUT2D eigenvalue weighted by atomic mass is 16.2. The molecule has 0 aromatic rings. The molecule has 1 saturated carbocycles. The Kier molecular flexibility index (Phi) is 4.99. The van der Waals surface area contributed by atoms with Crippen molar-refractivity contribution in [2.45, 2.75) is 59.4 Å². The molecule has 1 aliphatic carbocycles. The quantitative estimate of drug-likeness (QED) is 0.775. The fourth-order valence-corrected chi connectivity index (χ4v) is 2.57. The van der Waals surface area contributed by atoms with Crippen LogP contribution in [0.2, 0.25) is 0 Å². The van der Waals surface area contributed by atoms with Gasteiger partial charge in [-0.05, 0) is 30.6 Å². The van der Waals surface area contributed by atoms with Gasteiger partial charge in [0.25, 0.3) is 0 Å². The molecule has 0 radical (unpaired) electrons. The summed E-state index contributed by atoms with van der Waals surface area (Å²) >= 11 is 0. The molecule has 1 fully saturated rings. The standard InChI is InChI=1S/C14H28N2O/c1-11(10-14(2,3)4)9-13(17)16(8-7-15)12-5-6-12/h11-12H,5-10,15H2,1-4H3. The van der Waals surface area contributed by atoms with Crippen molar-refractivity contribution in [3.05, 3.63) is 0 Å². The van der Waals surface area contributed by atoms with Crippen LogP contribution in [0.15, 0.2) is 0 Å². The van der Waals surface area contributed by atoms with Crippen LogP contribution in [-0.2, 0) is 4.79 Å². The van der Waals surface area contributed by atoms with Crippen LogP contribution in [0.5, 0.6) is 0 Å². The van der Waals surface area contributed by atoms with E-state index in [9.17, 15) is 4.79 Å². The third-order valence-corrected chi connectivity index (χ3v) is 3.16. The summed E-state index contributed by atoms with van der Waals surface area (Å²) in [5.41, 5.74) is 5.88. The van der Waals surface area contributed by atoms with E-state index in [0.717, 1.165) is 13.0 Å². The van der Waals surface area contributed by atoms with Crippen molar-refractivity contribution in [1.82, 2.24) is 4.90 Å². The molecule has 17 heavy (non-hydrogen) atoms. The topological polar surface area (TPSA) is 46.3 Å². The van der Waals surface area contributed by atoms with Gasteiger partial charge in [-0.1, -0.05) is 27.7 Å². The first-order valence-electron chi connectivity index (χ1n) is 6.83. The summed E-state index contributed by atoms with van der Waals surface area (Å²) in [5, 5.41) is 0. The summed E-state index contributed by atoms with van der Waals surface area (Å²) in [7, 11) is 0. The minimum Gasteiger partial charge on any atom is -0.338 e. The maximum absolute atomic E-state index is 12.2. The van der Waals surface area contributed by atoms with Gasteiger partial charge in [0, 0.05) is 25.6 Å². The highest BCUT2D eigenvalue weighted by Gasteiger charge is 2.32. The molecule has 1 amide bonds. The van der Waals surface area contributed by atoms with Gasteiger partial charge in [0.15, 0.2) is 0 Å². The fraction of sp³-hybridized carbons (Fsp3) is 0.929. The summed E-state index contributed by atoms with van der Waals surface area (Å²) in [6, 6.07) is 0.493. The summed E-state index contributed by atoms with van der Waals surface area (Å²) in [4.78, 5) is 14.2. The predicted octanol–water partition coefficient (Wildman–Crippen LogP) is 2.40. The highest BCUT2D eigenvalue weighted by molar-refractivity contribution is 5.77. The van der Waals surface area contributed by atoms with Crippen LogP contribution in [0.4, 0.5) is 0 Å². The maximum atomic E-state index is 12.2. The van der Waals surface area contributed by atoms with Crippen molar-refractivity contribution in [3.8, 4) is 0 Å². The van der Waals surface area contributed by atoms with Crippen LogP contribution in [-0.4, -0.2) is 29.9 Å². The van der Waals surface area contributed by atoms with Crippen molar-refractivity contribution in [2.75, 3.05) is 13.1 Å². The molecule has 1 atom stereocenters. The van der Waals surface area contributed by atoms with Gasteiger partial charge in [0.1, 0.15) is 0 Å². The zero-order valence-electron chi connectivity index (χ0n) is 11.8. The van der Waals surface area contributed by atoms with Crippen LogP contribution in [0.1, 0.15) is 53.4 Å². The molecule has 100 valence electrons. The van der Waals surface area contributed by atoms with E-state index in [4.69, 9.17) is 5.73 Å². The van der Waals surface area contributed by atoms with E-state index in [1.165, 1.54) is 12.8 Å². The second-order valence-corrected chi connectivity index (χ2v) is 6.68. The summed E-state index contributed by atoms with van der Waals surface area (Å²) in [5.74, 6) is 0.760.